The van der Waals surface area contributed by atoms with Crippen molar-refractivity contribution in [1.82, 2.24) is 10.6 Å². The molecule has 2 atom stereocenters. The van der Waals surface area contributed by atoms with E-state index in [4.69, 9.17) is 0 Å². The van der Waals surface area contributed by atoms with Crippen molar-refractivity contribution in [2.75, 3.05) is 13.1 Å². The van der Waals surface area contributed by atoms with Crippen molar-refractivity contribution in [1.29, 1.82) is 0 Å². The van der Waals surface area contributed by atoms with Crippen molar-refractivity contribution in [2.24, 2.45) is 0 Å². The minimum absolute atomic E-state index is 0.110. The van der Waals surface area contributed by atoms with Gasteiger partial charge in [-0.2, -0.15) is 0 Å². The molecule has 0 heterocycles. The summed E-state index contributed by atoms with van der Waals surface area (Å²) in [5.41, 5.74) is 1.36. The second-order valence-electron chi connectivity index (χ2n) is 5.77. The predicted molar refractivity (Wildman–Crippen MR) is 89.5 cm³/mol. The van der Waals surface area contributed by atoms with E-state index in [0.29, 0.717) is 5.92 Å². The average molecular weight is 290 g/mol. The highest BCUT2D eigenvalue weighted by molar-refractivity contribution is 5.81. The highest BCUT2D eigenvalue weighted by Crippen LogP contribution is 2.17. The fourth-order valence-corrected chi connectivity index (χ4v) is 2.30. The van der Waals surface area contributed by atoms with Gasteiger partial charge in [-0.3, -0.25) is 4.79 Å². The van der Waals surface area contributed by atoms with E-state index in [1.165, 1.54) is 18.4 Å². The van der Waals surface area contributed by atoms with Crippen LogP contribution in [-0.2, 0) is 4.79 Å². The van der Waals surface area contributed by atoms with Crippen LogP contribution in [0.3, 0.4) is 0 Å². The Morgan fingerprint density at radius 3 is 2.48 bits per heavy atom. The number of carbonyl (C=O) groups excluding carboxylic acids is 1. The molecule has 1 rings (SSSR count). The van der Waals surface area contributed by atoms with Crippen LogP contribution in [0, 0.1) is 0 Å². The van der Waals surface area contributed by atoms with Crippen LogP contribution in [-0.4, -0.2) is 25.0 Å². The maximum atomic E-state index is 11.9. The topological polar surface area (TPSA) is 41.1 Å². The molecule has 118 valence electrons. The van der Waals surface area contributed by atoms with E-state index in [0.717, 1.165) is 25.9 Å². The Morgan fingerprint density at radius 1 is 1.10 bits per heavy atom. The second kappa shape index (κ2) is 10.4. The Balaban J connectivity index is 2.17. The summed E-state index contributed by atoms with van der Waals surface area (Å²) in [6, 6.07) is 10.4. The third kappa shape index (κ3) is 7.28. The van der Waals surface area contributed by atoms with Crippen LogP contribution in [0.1, 0.15) is 57.9 Å². The summed E-state index contributed by atoms with van der Waals surface area (Å²) in [5, 5.41) is 6.30. The van der Waals surface area contributed by atoms with Crippen LogP contribution in [0.15, 0.2) is 30.3 Å². The minimum atomic E-state index is -0.116. The number of unbranched alkanes of at least 4 members (excludes halogenated alkanes) is 2. The normalized spacial score (nSPS) is 13.7. The first-order chi connectivity index (χ1) is 10.1. The molecule has 0 aliphatic heterocycles. The molecule has 0 aliphatic carbocycles. The molecular formula is C18H30N2O. The van der Waals surface area contributed by atoms with Crippen molar-refractivity contribution in [3.05, 3.63) is 35.9 Å². The van der Waals surface area contributed by atoms with Crippen molar-refractivity contribution in [3.8, 4) is 0 Å². The number of rotatable bonds is 10. The smallest absolute Gasteiger partial charge is 0.236 e. The zero-order chi connectivity index (χ0) is 15.5. The Hall–Kier alpha value is -1.35. The Bertz CT molecular complexity index is 391. The molecule has 1 amide bonds. The molecular weight excluding hydrogens is 260 g/mol. The molecule has 0 aromatic heterocycles. The molecule has 0 fully saturated rings. The third-order valence-corrected chi connectivity index (χ3v) is 3.87. The van der Waals surface area contributed by atoms with Crippen molar-refractivity contribution >= 4 is 5.91 Å². The Morgan fingerprint density at radius 2 is 1.81 bits per heavy atom. The van der Waals surface area contributed by atoms with Crippen molar-refractivity contribution < 1.29 is 4.79 Å². The summed E-state index contributed by atoms with van der Waals surface area (Å²) in [4.78, 5) is 11.9. The lowest BCUT2D eigenvalue weighted by Crippen LogP contribution is -2.43. The van der Waals surface area contributed by atoms with Crippen LogP contribution < -0.4 is 10.6 Å². The van der Waals surface area contributed by atoms with Gasteiger partial charge >= 0.3 is 0 Å². The fraction of sp³-hybridized carbons (Fsp3) is 0.611. The largest absolute Gasteiger partial charge is 0.355 e. The zero-order valence-electron chi connectivity index (χ0n) is 13.7. The molecule has 0 radical (unpaired) electrons. The van der Waals surface area contributed by atoms with Gasteiger partial charge in [0.15, 0.2) is 0 Å². The Kier molecular flexibility index (Phi) is 8.76. The lowest BCUT2D eigenvalue weighted by Gasteiger charge is -2.16. The lowest BCUT2D eigenvalue weighted by molar-refractivity contribution is -0.122. The number of carbonyl (C=O) groups is 1. The average Bonchev–Trinajstić information content (AvgIpc) is 2.52. The number of amides is 1. The molecule has 1 aromatic rings. The summed E-state index contributed by atoms with van der Waals surface area (Å²) in [6.07, 6.45) is 4.47. The van der Waals surface area contributed by atoms with E-state index in [9.17, 15) is 4.79 Å². The molecule has 3 heteroatoms. The SMILES string of the molecule is CCCCCNC(=O)C(C)NCCC(C)c1ccccc1. The van der Waals surface area contributed by atoms with Crippen LogP contribution >= 0.6 is 0 Å². The zero-order valence-corrected chi connectivity index (χ0v) is 13.7. The summed E-state index contributed by atoms with van der Waals surface area (Å²) >= 11 is 0. The molecule has 2 N–H and O–H groups in total. The number of benzene rings is 1. The van der Waals surface area contributed by atoms with Gasteiger partial charge in [0.1, 0.15) is 0 Å². The molecule has 0 aliphatic rings. The van der Waals surface area contributed by atoms with Gasteiger partial charge < -0.3 is 10.6 Å². The maximum Gasteiger partial charge on any atom is 0.236 e. The summed E-state index contributed by atoms with van der Waals surface area (Å²) < 4.78 is 0. The molecule has 0 bridgehead atoms. The molecule has 1 aromatic carbocycles. The number of nitrogens with one attached hydrogen (secondary N) is 2. The van der Waals surface area contributed by atoms with Gasteiger partial charge in [0.05, 0.1) is 6.04 Å². The van der Waals surface area contributed by atoms with Crippen LogP contribution in [0.4, 0.5) is 0 Å². The fourth-order valence-electron chi connectivity index (χ4n) is 2.30. The van der Waals surface area contributed by atoms with Crippen molar-refractivity contribution in [3.63, 3.8) is 0 Å². The van der Waals surface area contributed by atoms with Crippen LogP contribution in [0.2, 0.25) is 0 Å². The van der Waals surface area contributed by atoms with Crippen LogP contribution in [0.5, 0.6) is 0 Å². The second-order valence-corrected chi connectivity index (χ2v) is 5.77. The van der Waals surface area contributed by atoms with Gasteiger partial charge in [-0.1, -0.05) is 57.0 Å². The standard InChI is InChI=1S/C18H30N2O/c1-4-5-9-13-20-18(21)16(3)19-14-12-15(2)17-10-7-6-8-11-17/h6-8,10-11,15-16,19H,4-5,9,12-14H2,1-3H3,(H,20,21). The first kappa shape index (κ1) is 17.7. The summed E-state index contributed by atoms with van der Waals surface area (Å²) in [7, 11) is 0. The highest BCUT2D eigenvalue weighted by atomic mass is 16.2. The number of hydrogen-bond acceptors (Lipinski definition) is 2. The van der Waals surface area contributed by atoms with Gasteiger partial charge in [0, 0.05) is 6.54 Å². The predicted octanol–water partition coefficient (Wildman–Crippen LogP) is 3.46. The summed E-state index contributed by atoms with van der Waals surface area (Å²) in [5.74, 6) is 0.622. The molecule has 0 saturated carbocycles. The molecule has 0 spiro atoms. The molecule has 21 heavy (non-hydrogen) atoms. The van der Waals surface area contributed by atoms with Gasteiger partial charge in [0.2, 0.25) is 5.91 Å². The molecule has 3 nitrogen and oxygen atoms in total. The minimum Gasteiger partial charge on any atom is -0.355 e. The first-order valence-electron chi connectivity index (χ1n) is 8.21. The summed E-state index contributed by atoms with van der Waals surface area (Å²) in [6.45, 7) is 7.98. The molecule has 2 unspecified atom stereocenters. The van der Waals surface area contributed by atoms with Crippen molar-refractivity contribution in [2.45, 2.75) is 58.4 Å². The van der Waals surface area contributed by atoms with Gasteiger partial charge in [-0.15, -0.1) is 0 Å². The van der Waals surface area contributed by atoms with E-state index < -0.39 is 0 Å². The van der Waals surface area contributed by atoms with E-state index in [1.54, 1.807) is 0 Å². The highest BCUT2D eigenvalue weighted by Gasteiger charge is 2.12. The number of hydrogen-bond donors (Lipinski definition) is 2. The first-order valence-corrected chi connectivity index (χ1v) is 8.21. The van der Waals surface area contributed by atoms with E-state index in [1.807, 2.05) is 13.0 Å². The van der Waals surface area contributed by atoms with Gasteiger partial charge in [0.25, 0.3) is 0 Å². The monoisotopic (exact) mass is 290 g/mol. The van der Waals surface area contributed by atoms with Gasteiger partial charge in [-0.25, -0.2) is 0 Å². The van der Waals surface area contributed by atoms with Gasteiger partial charge in [-0.05, 0) is 37.8 Å². The molecule has 0 saturated heterocycles. The van der Waals surface area contributed by atoms with E-state index in [-0.39, 0.29) is 11.9 Å². The maximum absolute atomic E-state index is 11.9. The lowest BCUT2D eigenvalue weighted by atomic mass is 9.98. The quantitative estimate of drug-likeness (QED) is 0.648. The Labute approximate surface area is 129 Å². The van der Waals surface area contributed by atoms with E-state index in [2.05, 4.69) is 48.7 Å². The van der Waals surface area contributed by atoms with Crippen LogP contribution in [0.25, 0.3) is 0 Å². The van der Waals surface area contributed by atoms with E-state index >= 15 is 0 Å². The third-order valence-electron chi connectivity index (χ3n) is 3.87.